The minimum Gasteiger partial charge on any atom is -0.497 e. The highest BCUT2D eigenvalue weighted by Gasteiger charge is 2.35. The van der Waals surface area contributed by atoms with E-state index in [1.807, 2.05) is 6.07 Å². The Morgan fingerprint density at radius 3 is 2.17 bits per heavy atom. The van der Waals surface area contributed by atoms with Crippen LogP contribution in [0.15, 0.2) is 42.5 Å². The maximum absolute atomic E-state index is 13.4. The number of carbonyl (C=O) groups is 3. The van der Waals surface area contributed by atoms with Crippen molar-refractivity contribution in [3.63, 3.8) is 0 Å². The molecule has 2 fully saturated rings. The molecular weight excluding hydrogens is 446 g/mol. The molecule has 35 heavy (non-hydrogen) atoms. The molecule has 1 saturated heterocycles. The van der Waals surface area contributed by atoms with Crippen molar-refractivity contribution < 1.29 is 24.2 Å². The average Bonchev–Trinajstić information content (AvgIpc) is 2.89. The Bertz CT molecular complexity index is 1060. The summed E-state index contributed by atoms with van der Waals surface area (Å²) in [5, 5.41) is 15.4. The van der Waals surface area contributed by atoms with Gasteiger partial charge < -0.3 is 25.4 Å². The number of carboxylic acids is 1. The van der Waals surface area contributed by atoms with Crippen molar-refractivity contribution in [3.8, 4) is 5.75 Å². The normalized spacial score (nSPS) is 20.1. The lowest BCUT2D eigenvalue weighted by atomic mass is 9.78. The lowest BCUT2D eigenvalue weighted by Gasteiger charge is -2.31. The number of carbonyl (C=O) groups excluding carboxylic acids is 2. The molecule has 2 amide bonds. The van der Waals surface area contributed by atoms with Crippen molar-refractivity contribution in [2.45, 2.75) is 44.9 Å². The summed E-state index contributed by atoms with van der Waals surface area (Å²) in [5.41, 5.74) is 2.43. The second-order valence-corrected chi connectivity index (χ2v) is 9.29. The molecule has 2 aromatic rings. The molecule has 1 heterocycles. The summed E-state index contributed by atoms with van der Waals surface area (Å²) in [7, 11) is 1.59. The fourth-order valence-corrected chi connectivity index (χ4v) is 5.05. The predicted molar refractivity (Wildman–Crippen MR) is 135 cm³/mol. The second kappa shape index (κ2) is 11.3. The minimum absolute atomic E-state index is 0.270. The van der Waals surface area contributed by atoms with Crippen LogP contribution in [-0.2, 0) is 9.59 Å². The van der Waals surface area contributed by atoms with Crippen molar-refractivity contribution in [3.05, 3.63) is 48.0 Å². The zero-order valence-corrected chi connectivity index (χ0v) is 20.1. The first-order valence-electron chi connectivity index (χ1n) is 12.3. The Kier molecular flexibility index (Phi) is 7.90. The van der Waals surface area contributed by atoms with Crippen LogP contribution in [0.2, 0.25) is 0 Å². The lowest BCUT2D eigenvalue weighted by molar-refractivity contribution is -0.147. The van der Waals surface area contributed by atoms with Crippen molar-refractivity contribution in [2.75, 3.05) is 35.7 Å². The highest BCUT2D eigenvalue weighted by atomic mass is 16.5. The van der Waals surface area contributed by atoms with Crippen LogP contribution in [0.1, 0.15) is 55.3 Å². The quantitative estimate of drug-likeness (QED) is 0.528. The number of methoxy groups -OCH3 is 1. The van der Waals surface area contributed by atoms with E-state index < -0.39 is 17.8 Å². The van der Waals surface area contributed by atoms with Gasteiger partial charge >= 0.3 is 5.97 Å². The molecule has 8 heteroatoms. The van der Waals surface area contributed by atoms with Crippen LogP contribution in [0.3, 0.4) is 0 Å². The Morgan fingerprint density at radius 1 is 0.857 bits per heavy atom. The maximum atomic E-state index is 13.4. The molecule has 0 unspecified atom stereocenters. The first-order chi connectivity index (χ1) is 17.0. The van der Waals surface area contributed by atoms with E-state index in [1.54, 1.807) is 43.5 Å². The molecule has 1 aliphatic heterocycles. The predicted octanol–water partition coefficient (Wildman–Crippen LogP) is 4.77. The lowest BCUT2D eigenvalue weighted by Crippen LogP contribution is -2.36. The van der Waals surface area contributed by atoms with Gasteiger partial charge in [0, 0.05) is 30.2 Å². The molecule has 2 aliphatic rings. The van der Waals surface area contributed by atoms with Gasteiger partial charge in [0.2, 0.25) is 5.91 Å². The van der Waals surface area contributed by atoms with Crippen molar-refractivity contribution >= 4 is 34.8 Å². The fourth-order valence-electron chi connectivity index (χ4n) is 5.05. The number of ether oxygens (including phenoxy) is 1. The zero-order chi connectivity index (χ0) is 24.8. The summed E-state index contributed by atoms with van der Waals surface area (Å²) in [5.74, 6) is -2.04. The van der Waals surface area contributed by atoms with E-state index in [0.29, 0.717) is 35.5 Å². The van der Waals surface area contributed by atoms with Gasteiger partial charge in [-0.1, -0.05) is 12.8 Å². The van der Waals surface area contributed by atoms with Gasteiger partial charge in [0.05, 0.1) is 24.5 Å². The van der Waals surface area contributed by atoms with E-state index in [2.05, 4.69) is 15.5 Å². The Balaban J connectivity index is 1.58. The largest absolute Gasteiger partial charge is 0.497 e. The van der Waals surface area contributed by atoms with E-state index in [1.165, 1.54) is 6.42 Å². The number of aliphatic carboxylic acids is 1. The number of carboxylic acid groups (broad SMARTS) is 1. The highest BCUT2D eigenvalue weighted by Crippen LogP contribution is 2.33. The molecule has 1 saturated carbocycles. The summed E-state index contributed by atoms with van der Waals surface area (Å²) in [4.78, 5) is 40.2. The molecule has 0 spiro atoms. The molecular formula is C27H33N3O5. The number of piperidine rings is 1. The second-order valence-electron chi connectivity index (χ2n) is 9.29. The van der Waals surface area contributed by atoms with Gasteiger partial charge in [0.15, 0.2) is 0 Å². The summed E-state index contributed by atoms with van der Waals surface area (Å²) < 4.78 is 5.19. The molecule has 0 bridgehead atoms. The van der Waals surface area contributed by atoms with Gasteiger partial charge in [-0.25, -0.2) is 0 Å². The number of nitrogens with zero attached hydrogens (tertiary/aromatic N) is 1. The molecule has 0 aromatic heterocycles. The number of rotatable bonds is 7. The van der Waals surface area contributed by atoms with E-state index in [-0.39, 0.29) is 11.8 Å². The number of hydrogen-bond donors (Lipinski definition) is 3. The Hall–Kier alpha value is -3.55. The molecule has 2 aromatic carbocycles. The number of anilines is 3. The van der Waals surface area contributed by atoms with Crippen LogP contribution in [0.5, 0.6) is 5.75 Å². The average molecular weight is 480 g/mol. The standard InChI is InChI=1S/C27H33N3O5/c1-35-20-12-9-18(10-13-20)28-26(32)23-17-19(11-14-24(23)30-15-5-2-6-16-30)29-25(31)21-7-3-4-8-22(21)27(33)34/h9-14,17,21-22H,2-8,15-16H2,1H3,(H,28,32)(H,29,31)(H,33,34)/t21-,22+/m1/s1. The number of hydrogen-bond acceptors (Lipinski definition) is 5. The van der Waals surface area contributed by atoms with Crippen molar-refractivity contribution in [1.29, 1.82) is 0 Å². The monoisotopic (exact) mass is 479 g/mol. The number of amides is 2. The topological polar surface area (TPSA) is 108 Å². The smallest absolute Gasteiger partial charge is 0.307 e. The molecule has 8 nitrogen and oxygen atoms in total. The molecule has 1 aliphatic carbocycles. The van der Waals surface area contributed by atoms with E-state index >= 15 is 0 Å². The summed E-state index contributed by atoms with van der Waals surface area (Å²) in [6.07, 6.45) is 6.03. The van der Waals surface area contributed by atoms with Gasteiger partial charge in [-0.3, -0.25) is 14.4 Å². The Morgan fingerprint density at radius 2 is 1.51 bits per heavy atom. The van der Waals surface area contributed by atoms with Crippen molar-refractivity contribution in [2.24, 2.45) is 11.8 Å². The van der Waals surface area contributed by atoms with Crippen LogP contribution in [0.4, 0.5) is 17.1 Å². The van der Waals surface area contributed by atoms with Gasteiger partial charge in [-0.05, 0) is 74.6 Å². The first kappa shape index (κ1) is 24.6. The molecule has 3 N–H and O–H groups in total. The Labute approximate surface area is 205 Å². The molecule has 0 radical (unpaired) electrons. The highest BCUT2D eigenvalue weighted by molar-refractivity contribution is 6.09. The van der Waals surface area contributed by atoms with Gasteiger partial charge in [0.1, 0.15) is 5.75 Å². The number of nitrogens with one attached hydrogen (secondary N) is 2. The summed E-state index contributed by atoms with van der Waals surface area (Å²) in [6.45, 7) is 1.74. The summed E-state index contributed by atoms with van der Waals surface area (Å²) in [6, 6.07) is 12.5. The van der Waals surface area contributed by atoms with E-state index in [0.717, 1.165) is 44.5 Å². The van der Waals surface area contributed by atoms with E-state index in [9.17, 15) is 19.5 Å². The molecule has 2 atom stereocenters. The van der Waals surface area contributed by atoms with Crippen LogP contribution < -0.4 is 20.3 Å². The van der Waals surface area contributed by atoms with Gasteiger partial charge in [-0.2, -0.15) is 0 Å². The number of benzene rings is 2. The third-order valence-corrected chi connectivity index (χ3v) is 6.97. The van der Waals surface area contributed by atoms with Crippen LogP contribution in [0.25, 0.3) is 0 Å². The minimum atomic E-state index is -0.926. The van der Waals surface area contributed by atoms with E-state index in [4.69, 9.17) is 4.74 Å². The van der Waals surface area contributed by atoms with Crippen LogP contribution >= 0.6 is 0 Å². The fraction of sp³-hybridized carbons (Fsp3) is 0.444. The molecule has 186 valence electrons. The molecule has 4 rings (SSSR count). The summed E-state index contributed by atoms with van der Waals surface area (Å²) >= 11 is 0. The first-order valence-corrected chi connectivity index (χ1v) is 12.3. The van der Waals surface area contributed by atoms with Crippen LogP contribution in [-0.4, -0.2) is 43.1 Å². The zero-order valence-electron chi connectivity index (χ0n) is 20.1. The van der Waals surface area contributed by atoms with Crippen LogP contribution in [0, 0.1) is 11.8 Å². The third-order valence-electron chi connectivity index (χ3n) is 6.97. The SMILES string of the molecule is COc1ccc(NC(=O)c2cc(NC(=O)[C@@H]3CCCC[C@@H]3C(=O)O)ccc2N2CCCCC2)cc1. The van der Waals surface area contributed by atoms with Gasteiger partial charge in [-0.15, -0.1) is 0 Å². The van der Waals surface area contributed by atoms with Gasteiger partial charge in [0.25, 0.3) is 5.91 Å². The van der Waals surface area contributed by atoms with Crippen molar-refractivity contribution in [1.82, 2.24) is 0 Å². The maximum Gasteiger partial charge on any atom is 0.307 e. The third kappa shape index (κ3) is 5.93.